The molecule has 2 fully saturated rings. The lowest BCUT2D eigenvalue weighted by Crippen LogP contribution is -2.36. The fourth-order valence-corrected chi connectivity index (χ4v) is 3.42. The molecule has 0 radical (unpaired) electrons. The standard InChI is InChI=1S/C22H22O6/c1-13-3-7-15(8-4-13)21(23)27-17-11-25-20-18(12-26-19(17)20)28-22(24)16-9-5-14(2)6-10-16/h3-10,17-20H,11-12H2,1-2H3/t17-,18+,19?,20?. The van der Waals surface area contributed by atoms with Crippen LogP contribution in [0.25, 0.3) is 0 Å². The molecule has 2 unspecified atom stereocenters. The van der Waals surface area contributed by atoms with E-state index in [1.54, 1.807) is 24.3 Å². The molecule has 0 aromatic heterocycles. The van der Waals surface area contributed by atoms with Crippen LogP contribution in [0.4, 0.5) is 0 Å². The first kappa shape index (κ1) is 18.7. The third-order valence-electron chi connectivity index (χ3n) is 5.05. The lowest BCUT2D eigenvalue weighted by Gasteiger charge is -2.17. The van der Waals surface area contributed by atoms with Crippen LogP contribution in [0.1, 0.15) is 31.8 Å². The molecule has 4 rings (SSSR count). The van der Waals surface area contributed by atoms with Gasteiger partial charge in [-0.15, -0.1) is 0 Å². The van der Waals surface area contributed by atoms with Gasteiger partial charge < -0.3 is 18.9 Å². The average molecular weight is 382 g/mol. The number of hydrogen-bond donors (Lipinski definition) is 0. The summed E-state index contributed by atoms with van der Waals surface area (Å²) in [6.45, 7) is 4.33. The molecule has 0 bridgehead atoms. The summed E-state index contributed by atoms with van der Waals surface area (Å²) >= 11 is 0. The highest BCUT2D eigenvalue weighted by Crippen LogP contribution is 2.31. The predicted molar refractivity (Wildman–Crippen MR) is 100 cm³/mol. The van der Waals surface area contributed by atoms with E-state index < -0.39 is 36.4 Å². The molecule has 6 heteroatoms. The number of fused-ring (bicyclic) bond motifs is 1. The maximum atomic E-state index is 12.4. The van der Waals surface area contributed by atoms with Gasteiger partial charge in [0.15, 0.2) is 12.2 Å². The van der Waals surface area contributed by atoms with Crippen molar-refractivity contribution in [3.05, 3.63) is 70.8 Å². The van der Waals surface area contributed by atoms with Crippen molar-refractivity contribution in [3.8, 4) is 0 Å². The minimum Gasteiger partial charge on any atom is -0.453 e. The van der Waals surface area contributed by atoms with E-state index in [1.807, 2.05) is 38.1 Å². The molecular formula is C22H22O6. The summed E-state index contributed by atoms with van der Waals surface area (Å²) in [5, 5.41) is 0. The zero-order valence-corrected chi connectivity index (χ0v) is 15.8. The highest BCUT2D eigenvalue weighted by Gasteiger charge is 2.51. The van der Waals surface area contributed by atoms with Gasteiger partial charge in [0.25, 0.3) is 0 Å². The summed E-state index contributed by atoms with van der Waals surface area (Å²) in [7, 11) is 0. The van der Waals surface area contributed by atoms with Crippen molar-refractivity contribution in [2.45, 2.75) is 38.3 Å². The summed E-state index contributed by atoms with van der Waals surface area (Å²) in [5.74, 6) is -0.837. The Morgan fingerprint density at radius 1 is 0.714 bits per heavy atom. The molecule has 0 amide bonds. The molecule has 146 valence electrons. The van der Waals surface area contributed by atoms with Crippen molar-refractivity contribution >= 4 is 11.9 Å². The number of esters is 2. The molecule has 4 atom stereocenters. The molecule has 28 heavy (non-hydrogen) atoms. The summed E-state index contributed by atoms with van der Waals surface area (Å²) in [5.41, 5.74) is 3.10. The van der Waals surface area contributed by atoms with Crippen LogP contribution in [0.5, 0.6) is 0 Å². The zero-order valence-electron chi connectivity index (χ0n) is 15.8. The lowest BCUT2D eigenvalue weighted by molar-refractivity contribution is -0.0287. The Hall–Kier alpha value is -2.70. The highest BCUT2D eigenvalue weighted by molar-refractivity contribution is 5.90. The second-order valence-corrected chi connectivity index (χ2v) is 7.22. The lowest BCUT2D eigenvalue weighted by atomic mass is 10.1. The molecule has 6 nitrogen and oxygen atoms in total. The second-order valence-electron chi connectivity index (χ2n) is 7.22. The van der Waals surface area contributed by atoms with E-state index >= 15 is 0 Å². The summed E-state index contributed by atoms with van der Waals surface area (Å²) in [4.78, 5) is 24.7. The molecule has 2 heterocycles. The average Bonchev–Trinajstić information content (AvgIpc) is 3.26. The van der Waals surface area contributed by atoms with Gasteiger partial charge in [-0.1, -0.05) is 35.4 Å². The van der Waals surface area contributed by atoms with Crippen molar-refractivity contribution in [2.24, 2.45) is 0 Å². The number of aryl methyl sites for hydroxylation is 2. The SMILES string of the molecule is Cc1ccc(C(=O)O[C@H]2COC3C2OC[C@H]3OC(=O)c2ccc(C)cc2)cc1. The molecule has 2 aliphatic heterocycles. The van der Waals surface area contributed by atoms with Crippen LogP contribution in [0.3, 0.4) is 0 Å². The van der Waals surface area contributed by atoms with Crippen LogP contribution < -0.4 is 0 Å². The number of hydrogen-bond acceptors (Lipinski definition) is 6. The van der Waals surface area contributed by atoms with Crippen molar-refractivity contribution in [1.29, 1.82) is 0 Å². The molecule has 2 aromatic carbocycles. The van der Waals surface area contributed by atoms with Crippen LogP contribution in [0.2, 0.25) is 0 Å². The second kappa shape index (κ2) is 7.73. The van der Waals surface area contributed by atoms with Crippen LogP contribution in [0.15, 0.2) is 48.5 Å². The zero-order chi connectivity index (χ0) is 19.7. The first-order valence-electron chi connectivity index (χ1n) is 9.30. The number of ether oxygens (including phenoxy) is 4. The Morgan fingerprint density at radius 2 is 1.07 bits per heavy atom. The number of carbonyl (C=O) groups is 2. The van der Waals surface area contributed by atoms with Gasteiger partial charge >= 0.3 is 11.9 Å². The number of benzene rings is 2. The van der Waals surface area contributed by atoms with Crippen molar-refractivity contribution < 1.29 is 28.5 Å². The van der Waals surface area contributed by atoms with Gasteiger partial charge in [-0.3, -0.25) is 0 Å². The van der Waals surface area contributed by atoms with Crippen LogP contribution in [0, 0.1) is 13.8 Å². The third kappa shape index (κ3) is 3.79. The molecule has 2 aliphatic rings. The summed E-state index contributed by atoms with van der Waals surface area (Å²) < 4.78 is 22.6. The van der Waals surface area contributed by atoms with E-state index in [4.69, 9.17) is 18.9 Å². The number of rotatable bonds is 4. The maximum absolute atomic E-state index is 12.4. The Labute approximate surface area is 163 Å². The molecule has 2 saturated heterocycles. The van der Waals surface area contributed by atoms with Crippen LogP contribution in [-0.4, -0.2) is 49.6 Å². The smallest absolute Gasteiger partial charge is 0.338 e. The molecule has 0 aliphatic carbocycles. The topological polar surface area (TPSA) is 71.1 Å². The Bertz CT molecular complexity index is 784. The molecule has 0 N–H and O–H groups in total. The molecule has 2 aromatic rings. The van der Waals surface area contributed by atoms with Gasteiger partial charge in [-0.05, 0) is 38.1 Å². The van der Waals surface area contributed by atoms with E-state index in [0.29, 0.717) is 11.1 Å². The first-order valence-corrected chi connectivity index (χ1v) is 9.30. The maximum Gasteiger partial charge on any atom is 0.338 e. The van der Waals surface area contributed by atoms with Gasteiger partial charge in [-0.25, -0.2) is 9.59 Å². The normalized spacial score (nSPS) is 25.9. The van der Waals surface area contributed by atoms with Gasteiger partial charge in [0.1, 0.15) is 12.2 Å². The van der Waals surface area contributed by atoms with Gasteiger partial charge in [0.2, 0.25) is 0 Å². The monoisotopic (exact) mass is 382 g/mol. The number of carbonyl (C=O) groups excluding carboxylic acids is 2. The fourth-order valence-electron chi connectivity index (χ4n) is 3.42. The van der Waals surface area contributed by atoms with E-state index in [-0.39, 0.29) is 13.2 Å². The van der Waals surface area contributed by atoms with E-state index in [2.05, 4.69) is 0 Å². The highest BCUT2D eigenvalue weighted by atomic mass is 16.7. The Balaban J connectivity index is 1.36. The van der Waals surface area contributed by atoms with E-state index in [1.165, 1.54) is 0 Å². The minimum absolute atomic E-state index is 0.214. The molecule has 0 spiro atoms. The van der Waals surface area contributed by atoms with E-state index in [9.17, 15) is 9.59 Å². The fraction of sp³-hybridized carbons (Fsp3) is 0.364. The summed E-state index contributed by atoms with van der Waals surface area (Å²) in [6, 6.07) is 14.3. The third-order valence-corrected chi connectivity index (χ3v) is 5.05. The van der Waals surface area contributed by atoms with Crippen molar-refractivity contribution in [2.75, 3.05) is 13.2 Å². The first-order chi connectivity index (χ1) is 13.5. The van der Waals surface area contributed by atoms with Gasteiger partial charge in [-0.2, -0.15) is 0 Å². The van der Waals surface area contributed by atoms with Gasteiger partial charge in [0.05, 0.1) is 24.3 Å². The van der Waals surface area contributed by atoms with E-state index in [0.717, 1.165) is 11.1 Å². The van der Waals surface area contributed by atoms with Crippen LogP contribution in [-0.2, 0) is 18.9 Å². The minimum atomic E-state index is -0.526. The summed E-state index contributed by atoms with van der Waals surface area (Å²) in [6.07, 6.45) is -1.93. The quantitative estimate of drug-likeness (QED) is 0.758. The van der Waals surface area contributed by atoms with Crippen molar-refractivity contribution in [1.82, 2.24) is 0 Å². The molecule has 0 saturated carbocycles. The largest absolute Gasteiger partial charge is 0.453 e. The molecular weight excluding hydrogens is 360 g/mol. The van der Waals surface area contributed by atoms with Gasteiger partial charge in [0, 0.05) is 0 Å². The Kier molecular flexibility index (Phi) is 5.15. The Morgan fingerprint density at radius 3 is 1.43 bits per heavy atom. The van der Waals surface area contributed by atoms with Crippen molar-refractivity contribution in [3.63, 3.8) is 0 Å². The van der Waals surface area contributed by atoms with Crippen LogP contribution >= 0.6 is 0 Å². The predicted octanol–water partition coefficient (Wildman–Crippen LogP) is 2.85.